The van der Waals surface area contributed by atoms with Crippen molar-refractivity contribution < 1.29 is 9.53 Å². The molecule has 0 fully saturated rings. The van der Waals surface area contributed by atoms with E-state index in [0.717, 1.165) is 48.9 Å². The Hall–Kier alpha value is -2.73. The van der Waals surface area contributed by atoms with E-state index in [4.69, 9.17) is 10.5 Å². The lowest BCUT2D eigenvalue weighted by Gasteiger charge is -2.06. The van der Waals surface area contributed by atoms with Gasteiger partial charge >= 0.3 is 5.97 Å². The van der Waals surface area contributed by atoms with Gasteiger partial charge in [-0.1, -0.05) is 6.42 Å². The third-order valence-corrected chi connectivity index (χ3v) is 4.20. The molecule has 0 amide bonds. The van der Waals surface area contributed by atoms with Gasteiger partial charge in [-0.3, -0.25) is 9.97 Å². The maximum Gasteiger partial charge on any atom is 0.337 e. The van der Waals surface area contributed by atoms with Gasteiger partial charge in [0.25, 0.3) is 0 Å². The largest absolute Gasteiger partial charge is 0.465 e. The van der Waals surface area contributed by atoms with Crippen molar-refractivity contribution in [2.45, 2.75) is 25.8 Å². The molecule has 0 spiro atoms. The van der Waals surface area contributed by atoms with Gasteiger partial charge < -0.3 is 15.0 Å². The summed E-state index contributed by atoms with van der Waals surface area (Å²) in [5, 5.41) is 1.11. The average Bonchev–Trinajstić information content (AvgIpc) is 3.07. The van der Waals surface area contributed by atoms with Gasteiger partial charge in [-0.15, -0.1) is 0 Å². The second-order valence-electron chi connectivity index (χ2n) is 5.91. The average molecular weight is 338 g/mol. The molecule has 130 valence electrons. The number of nitrogens with zero attached hydrogens (tertiary/aromatic N) is 3. The molecule has 2 N–H and O–H groups in total. The number of fused-ring (bicyclic) bond motifs is 1. The second-order valence-corrected chi connectivity index (χ2v) is 5.91. The van der Waals surface area contributed by atoms with E-state index >= 15 is 0 Å². The van der Waals surface area contributed by atoms with Gasteiger partial charge in [0.1, 0.15) is 0 Å². The van der Waals surface area contributed by atoms with Crippen molar-refractivity contribution in [1.29, 1.82) is 0 Å². The smallest absolute Gasteiger partial charge is 0.337 e. The predicted molar refractivity (Wildman–Crippen MR) is 97.2 cm³/mol. The first-order valence-corrected chi connectivity index (χ1v) is 8.42. The van der Waals surface area contributed by atoms with E-state index in [1.54, 1.807) is 18.3 Å². The van der Waals surface area contributed by atoms with E-state index in [9.17, 15) is 4.79 Å². The number of hydrogen-bond donors (Lipinski definition) is 1. The van der Waals surface area contributed by atoms with Crippen LogP contribution in [-0.2, 0) is 11.3 Å². The fourth-order valence-electron chi connectivity index (χ4n) is 2.84. The van der Waals surface area contributed by atoms with Crippen molar-refractivity contribution in [2.24, 2.45) is 5.73 Å². The van der Waals surface area contributed by atoms with Gasteiger partial charge in [0, 0.05) is 24.3 Å². The molecule has 0 saturated carbocycles. The minimum atomic E-state index is -0.381. The molecule has 0 saturated heterocycles. The molecule has 0 aliphatic carbocycles. The lowest BCUT2D eigenvalue weighted by molar-refractivity contribution is 0.0600. The summed E-state index contributed by atoms with van der Waals surface area (Å²) < 4.78 is 6.97. The van der Waals surface area contributed by atoms with Gasteiger partial charge in [0.15, 0.2) is 0 Å². The van der Waals surface area contributed by atoms with E-state index in [2.05, 4.69) is 26.8 Å². The molecule has 0 aliphatic rings. The molecular weight excluding hydrogens is 316 g/mol. The molecule has 6 heteroatoms. The Morgan fingerprint density at radius 3 is 2.80 bits per heavy atom. The normalized spacial score (nSPS) is 11.0. The summed E-state index contributed by atoms with van der Waals surface area (Å²) in [6.07, 6.45) is 8.83. The van der Waals surface area contributed by atoms with Gasteiger partial charge in [-0.25, -0.2) is 4.79 Å². The number of aryl methyl sites for hydroxylation is 1. The molecule has 6 nitrogen and oxygen atoms in total. The van der Waals surface area contributed by atoms with Crippen LogP contribution in [0.3, 0.4) is 0 Å². The van der Waals surface area contributed by atoms with Crippen molar-refractivity contribution in [3.63, 3.8) is 0 Å². The van der Waals surface area contributed by atoms with E-state index in [1.165, 1.54) is 7.11 Å². The quantitative estimate of drug-likeness (QED) is 0.529. The molecular formula is C19H22N4O2. The Kier molecular flexibility index (Phi) is 5.40. The SMILES string of the molecule is COC(=O)c1ccnc(-c2cc3ccn(CCCCCN)c3cn2)c1. The van der Waals surface area contributed by atoms with Crippen LogP contribution in [0, 0.1) is 0 Å². The number of aromatic nitrogens is 3. The third-order valence-electron chi connectivity index (χ3n) is 4.20. The number of hydrogen-bond acceptors (Lipinski definition) is 5. The molecule has 0 radical (unpaired) electrons. The van der Waals surface area contributed by atoms with Crippen LogP contribution < -0.4 is 5.73 Å². The van der Waals surface area contributed by atoms with E-state index in [1.807, 2.05) is 12.3 Å². The number of esters is 1. The van der Waals surface area contributed by atoms with Gasteiger partial charge in [0.2, 0.25) is 0 Å². The number of unbranched alkanes of at least 4 members (excludes halogenated alkanes) is 2. The standard InChI is InChI=1S/C19H22N4O2/c1-25-19(24)15-5-8-21-16(12-15)17-11-14-6-10-23(18(14)13-22-17)9-4-2-3-7-20/h5-6,8,10-13H,2-4,7,9,20H2,1H3. The Morgan fingerprint density at radius 2 is 2.00 bits per heavy atom. The van der Waals surface area contributed by atoms with Gasteiger partial charge in [-0.05, 0) is 43.7 Å². The molecule has 3 aromatic heterocycles. The number of carbonyl (C=O) groups excluding carboxylic acids is 1. The maximum atomic E-state index is 11.7. The molecule has 0 unspecified atom stereocenters. The van der Waals surface area contributed by atoms with Crippen molar-refractivity contribution in [2.75, 3.05) is 13.7 Å². The van der Waals surface area contributed by atoms with Crippen molar-refractivity contribution in [3.05, 3.63) is 48.4 Å². The summed E-state index contributed by atoms with van der Waals surface area (Å²) >= 11 is 0. The zero-order chi connectivity index (χ0) is 17.6. The van der Waals surface area contributed by atoms with E-state index < -0.39 is 0 Å². The summed E-state index contributed by atoms with van der Waals surface area (Å²) in [6, 6.07) is 7.40. The zero-order valence-corrected chi connectivity index (χ0v) is 14.3. The van der Waals surface area contributed by atoms with Crippen LogP contribution >= 0.6 is 0 Å². The number of methoxy groups -OCH3 is 1. The molecule has 25 heavy (non-hydrogen) atoms. The first kappa shape index (κ1) is 17.1. The molecule has 3 aromatic rings. The highest BCUT2D eigenvalue weighted by Gasteiger charge is 2.10. The molecule has 0 atom stereocenters. The van der Waals surface area contributed by atoms with Crippen LogP contribution in [-0.4, -0.2) is 34.2 Å². The number of carbonyl (C=O) groups is 1. The summed E-state index contributed by atoms with van der Waals surface area (Å²) in [7, 11) is 1.36. The van der Waals surface area contributed by atoms with Crippen LogP contribution in [0.25, 0.3) is 22.3 Å². The van der Waals surface area contributed by atoms with Gasteiger partial charge in [-0.2, -0.15) is 0 Å². The number of ether oxygens (including phenoxy) is 1. The monoisotopic (exact) mass is 338 g/mol. The Bertz CT molecular complexity index is 873. The van der Waals surface area contributed by atoms with E-state index in [0.29, 0.717) is 11.3 Å². The highest BCUT2D eigenvalue weighted by molar-refractivity contribution is 5.90. The molecule has 0 bridgehead atoms. The summed E-state index contributed by atoms with van der Waals surface area (Å²) in [5.74, 6) is -0.381. The fraction of sp³-hybridized carbons (Fsp3) is 0.316. The highest BCUT2D eigenvalue weighted by Crippen LogP contribution is 2.22. The molecule has 0 aromatic carbocycles. The Morgan fingerprint density at radius 1 is 1.16 bits per heavy atom. The number of pyridine rings is 2. The number of nitrogens with two attached hydrogens (primary N) is 1. The van der Waals surface area contributed by atoms with Crippen LogP contribution in [0.2, 0.25) is 0 Å². The topological polar surface area (TPSA) is 83.0 Å². The minimum absolute atomic E-state index is 0.381. The highest BCUT2D eigenvalue weighted by atomic mass is 16.5. The summed E-state index contributed by atoms with van der Waals surface area (Å²) in [6.45, 7) is 1.70. The minimum Gasteiger partial charge on any atom is -0.465 e. The molecule has 0 aliphatic heterocycles. The van der Waals surface area contributed by atoms with Crippen molar-refractivity contribution in [1.82, 2.24) is 14.5 Å². The molecule has 3 rings (SSSR count). The Balaban J connectivity index is 1.83. The van der Waals surface area contributed by atoms with Crippen molar-refractivity contribution in [3.8, 4) is 11.4 Å². The first-order valence-electron chi connectivity index (χ1n) is 8.42. The van der Waals surface area contributed by atoms with Gasteiger partial charge in [0.05, 0.1) is 35.8 Å². The van der Waals surface area contributed by atoms with E-state index in [-0.39, 0.29) is 5.97 Å². The van der Waals surface area contributed by atoms with Crippen LogP contribution in [0.15, 0.2) is 42.9 Å². The zero-order valence-electron chi connectivity index (χ0n) is 14.3. The maximum absolute atomic E-state index is 11.7. The van der Waals surface area contributed by atoms with Crippen molar-refractivity contribution >= 4 is 16.9 Å². The first-order chi connectivity index (χ1) is 12.2. The number of rotatable bonds is 7. The predicted octanol–water partition coefficient (Wildman–Crippen LogP) is 3.01. The fourth-order valence-corrected chi connectivity index (χ4v) is 2.84. The van der Waals surface area contributed by atoms with Crippen LogP contribution in [0.4, 0.5) is 0 Å². The Labute approximate surface area is 146 Å². The van der Waals surface area contributed by atoms with Crippen LogP contribution in [0.5, 0.6) is 0 Å². The molecule has 3 heterocycles. The lowest BCUT2D eigenvalue weighted by atomic mass is 10.1. The third kappa shape index (κ3) is 3.85. The summed E-state index contributed by atoms with van der Waals surface area (Å²) in [4.78, 5) is 20.5. The van der Waals surface area contributed by atoms with Crippen LogP contribution in [0.1, 0.15) is 29.6 Å². The summed E-state index contributed by atoms with van der Waals surface area (Å²) in [5.41, 5.74) is 8.49. The lowest BCUT2D eigenvalue weighted by Crippen LogP contribution is -2.02. The second kappa shape index (κ2) is 7.90.